The van der Waals surface area contributed by atoms with Gasteiger partial charge in [0.1, 0.15) is 18.1 Å². The second-order valence-corrected chi connectivity index (χ2v) is 10.3. The zero-order chi connectivity index (χ0) is 25.5. The molecule has 0 saturated carbocycles. The Morgan fingerprint density at radius 2 is 1.85 bits per heavy atom. The molecule has 7 nitrogen and oxygen atoms in total. The Morgan fingerprint density at radius 1 is 1.18 bits per heavy atom. The van der Waals surface area contributed by atoms with E-state index >= 15 is 0 Å². The molecular weight excluding hydrogens is 430 g/mol. The Hall–Kier alpha value is -2.38. The summed E-state index contributed by atoms with van der Waals surface area (Å²) in [6.45, 7) is 16.1. The normalized spacial score (nSPS) is 14.0. The van der Waals surface area contributed by atoms with E-state index in [4.69, 9.17) is 14.9 Å². The van der Waals surface area contributed by atoms with Crippen molar-refractivity contribution in [2.24, 2.45) is 5.73 Å². The molecule has 0 bridgehead atoms. The van der Waals surface area contributed by atoms with Gasteiger partial charge in [-0.1, -0.05) is 53.7 Å². The average Bonchev–Trinajstić information content (AvgIpc) is 3.30. The van der Waals surface area contributed by atoms with Gasteiger partial charge in [-0.05, 0) is 55.1 Å². The fourth-order valence-corrected chi connectivity index (χ4v) is 3.45. The van der Waals surface area contributed by atoms with Crippen LogP contribution in [0.2, 0.25) is 0 Å². The number of oxazole rings is 1. The molecule has 2 atom stereocenters. The van der Waals surface area contributed by atoms with Crippen LogP contribution in [0.3, 0.4) is 0 Å². The molecule has 190 valence electrons. The van der Waals surface area contributed by atoms with Crippen molar-refractivity contribution >= 4 is 5.91 Å². The van der Waals surface area contributed by atoms with E-state index in [9.17, 15) is 9.90 Å². The Balaban J connectivity index is 1.88. The summed E-state index contributed by atoms with van der Waals surface area (Å²) in [6.07, 6.45) is 4.14. The summed E-state index contributed by atoms with van der Waals surface area (Å²) >= 11 is 0. The van der Waals surface area contributed by atoms with Crippen LogP contribution >= 0.6 is 0 Å². The van der Waals surface area contributed by atoms with E-state index < -0.39 is 12.1 Å². The number of ether oxygens (including phenoxy) is 1. The minimum Gasteiger partial charge on any atom is -0.493 e. The maximum absolute atomic E-state index is 12.3. The predicted octanol–water partition coefficient (Wildman–Crippen LogP) is 5.02. The minimum absolute atomic E-state index is 0.0238. The molecule has 0 aliphatic carbocycles. The van der Waals surface area contributed by atoms with E-state index in [2.05, 4.69) is 70.0 Å². The number of nitrogens with two attached hydrogens (primary N) is 1. The highest BCUT2D eigenvalue weighted by atomic mass is 16.5. The molecule has 34 heavy (non-hydrogen) atoms. The summed E-state index contributed by atoms with van der Waals surface area (Å²) < 4.78 is 11.4. The summed E-state index contributed by atoms with van der Waals surface area (Å²) in [5.41, 5.74) is 8.68. The van der Waals surface area contributed by atoms with Gasteiger partial charge in [0.05, 0.1) is 12.7 Å². The molecule has 2 aromatic rings. The third-order valence-electron chi connectivity index (χ3n) is 6.93. The lowest BCUT2D eigenvalue weighted by molar-refractivity contribution is 0.0947. The molecule has 0 radical (unpaired) electrons. The molecule has 4 N–H and O–H groups in total. The van der Waals surface area contributed by atoms with Crippen LogP contribution in [-0.4, -0.2) is 35.3 Å². The van der Waals surface area contributed by atoms with Gasteiger partial charge in [-0.2, -0.15) is 0 Å². The number of benzene rings is 1. The van der Waals surface area contributed by atoms with Gasteiger partial charge in [0.2, 0.25) is 5.89 Å². The lowest BCUT2D eigenvalue weighted by Crippen LogP contribution is -2.26. The van der Waals surface area contributed by atoms with Gasteiger partial charge in [0.25, 0.3) is 5.91 Å². The highest BCUT2D eigenvalue weighted by molar-refractivity contribution is 5.91. The number of amides is 1. The number of rotatable bonds is 13. The van der Waals surface area contributed by atoms with Crippen molar-refractivity contribution in [2.45, 2.75) is 97.1 Å². The molecule has 2 unspecified atom stereocenters. The van der Waals surface area contributed by atoms with Gasteiger partial charge in [-0.3, -0.25) is 4.79 Å². The summed E-state index contributed by atoms with van der Waals surface area (Å²) in [7, 11) is 0. The Morgan fingerprint density at radius 3 is 2.47 bits per heavy atom. The first-order valence-electron chi connectivity index (χ1n) is 12.4. The first-order valence-corrected chi connectivity index (χ1v) is 12.4. The highest BCUT2D eigenvalue weighted by Crippen LogP contribution is 2.38. The van der Waals surface area contributed by atoms with E-state index in [1.165, 1.54) is 17.4 Å². The number of unbranched alkanes of at least 4 members (excludes halogenated alkanes) is 1. The van der Waals surface area contributed by atoms with E-state index in [-0.39, 0.29) is 28.3 Å². The highest BCUT2D eigenvalue weighted by Gasteiger charge is 2.26. The Bertz CT molecular complexity index is 934. The maximum Gasteiger partial charge on any atom is 0.273 e. The number of nitrogens with zero attached hydrogens (tertiary/aromatic N) is 1. The van der Waals surface area contributed by atoms with Crippen LogP contribution in [0.25, 0.3) is 0 Å². The largest absolute Gasteiger partial charge is 0.493 e. The zero-order valence-corrected chi connectivity index (χ0v) is 21.9. The van der Waals surface area contributed by atoms with Crippen molar-refractivity contribution < 1.29 is 19.1 Å². The van der Waals surface area contributed by atoms with Crippen LogP contribution in [0, 0.1) is 0 Å². The zero-order valence-electron chi connectivity index (χ0n) is 21.9. The molecule has 0 aliphatic rings. The number of carbonyl (C=O) groups excluding carboxylic acids is 1. The van der Waals surface area contributed by atoms with Crippen molar-refractivity contribution in [1.82, 2.24) is 10.3 Å². The molecule has 1 aromatic heterocycles. The van der Waals surface area contributed by atoms with Gasteiger partial charge in [0, 0.05) is 12.1 Å². The molecule has 2 rings (SSSR count). The number of aromatic nitrogens is 1. The van der Waals surface area contributed by atoms with Gasteiger partial charge in [0.15, 0.2) is 5.69 Å². The van der Waals surface area contributed by atoms with E-state index in [0.29, 0.717) is 13.2 Å². The number of hydrogen-bond donors (Lipinski definition) is 3. The maximum atomic E-state index is 12.3. The Kier molecular flexibility index (Phi) is 9.71. The van der Waals surface area contributed by atoms with Crippen LogP contribution in [-0.2, 0) is 10.8 Å². The quantitative estimate of drug-likeness (QED) is 0.352. The van der Waals surface area contributed by atoms with Crippen molar-refractivity contribution in [3.05, 3.63) is 47.2 Å². The van der Waals surface area contributed by atoms with Gasteiger partial charge in [-0.25, -0.2) is 4.98 Å². The van der Waals surface area contributed by atoms with Crippen LogP contribution in [0.5, 0.6) is 5.75 Å². The first kappa shape index (κ1) is 27.9. The summed E-state index contributed by atoms with van der Waals surface area (Å²) in [5, 5.41) is 12.4. The van der Waals surface area contributed by atoms with E-state index in [1.807, 2.05) is 0 Å². The molecule has 0 aliphatic heterocycles. The second kappa shape index (κ2) is 11.8. The fourth-order valence-electron chi connectivity index (χ4n) is 3.45. The minimum atomic E-state index is -0.813. The van der Waals surface area contributed by atoms with Gasteiger partial charge in [-0.15, -0.1) is 0 Å². The lowest BCUT2D eigenvalue weighted by atomic mass is 9.76. The number of nitrogens with one attached hydrogen (secondary N) is 1. The molecular formula is C27H43N3O4. The Labute approximate surface area is 204 Å². The lowest BCUT2D eigenvalue weighted by Gasteiger charge is -2.30. The van der Waals surface area contributed by atoms with Crippen molar-refractivity contribution in [1.29, 1.82) is 0 Å². The predicted molar refractivity (Wildman–Crippen MR) is 135 cm³/mol. The molecule has 0 spiro atoms. The summed E-state index contributed by atoms with van der Waals surface area (Å²) in [5.74, 6) is 0.763. The van der Waals surface area contributed by atoms with Crippen LogP contribution < -0.4 is 15.8 Å². The molecule has 7 heteroatoms. The molecule has 1 aromatic carbocycles. The number of carbonyl (C=O) groups is 1. The SMILES string of the molecule is CCC(C)(C)c1ccc(OCCCCNC(=O)c2coc(C(N)C(C)O)n2)c(C(C)(C)CC)c1. The smallest absolute Gasteiger partial charge is 0.273 e. The molecule has 1 heterocycles. The van der Waals surface area contributed by atoms with Gasteiger partial charge >= 0.3 is 0 Å². The van der Waals surface area contributed by atoms with Crippen LogP contribution in [0.4, 0.5) is 0 Å². The van der Waals surface area contributed by atoms with Crippen molar-refractivity contribution in [3.8, 4) is 5.75 Å². The monoisotopic (exact) mass is 473 g/mol. The second-order valence-electron chi connectivity index (χ2n) is 10.3. The third-order valence-corrected chi connectivity index (χ3v) is 6.93. The number of aliphatic hydroxyl groups excluding tert-OH is 1. The molecule has 0 fully saturated rings. The van der Waals surface area contributed by atoms with Crippen LogP contribution in [0.1, 0.15) is 108 Å². The number of aliphatic hydroxyl groups is 1. The van der Waals surface area contributed by atoms with Crippen molar-refractivity contribution in [3.63, 3.8) is 0 Å². The molecule has 1 amide bonds. The topological polar surface area (TPSA) is 111 Å². The summed E-state index contributed by atoms with van der Waals surface area (Å²) in [6, 6.07) is 5.85. The van der Waals surface area contributed by atoms with Gasteiger partial charge < -0.3 is 25.3 Å². The average molecular weight is 474 g/mol. The van der Waals surface area contributed by atoms with Crippen molar-refractivity contribution in [2.75, 3.05) is 13.2 Å². The first-order chi connectivity index (χ1) is 15.9. The summed E-state index contributed by atoms with van der Waals surface area (Å²) in [4.78, 5) is 16.3. The van der Waals surface area contributed by atoms with Crippen LogP contribution in [0.15, 0.2) is 28.9 Å². The fraction of sp³-hybridized carbons (Fsp3) is 0.630. The molecule has 0 saturated heterocycles. The number of hydrogen-bond acceptors (Lipinski definition) is 6. The van der Waals surface area contributed by atoms with E-state index in [1.54, 1.807) is 6.92 Å². The third kappa shape index (κ3) is 7.06. The standard InChI is InChI=1S/C27H43N3O4/c1-8-26(4,5)19-12-13-22(20(16-19)27(6,7)9-2)33-15-11-10-14-29-24(32)21-17-34-25(30-21)23(28)18(3)31/h12-13,16-18,23,31H,8-11,14-15,28H2,1-7H3,(H,29,32). The van der Waals surface area contributed by atoms with E-state index in [0.717, 1.165) is 31.4 Å².